The normalized spacial score (nSPS) is 21.1. The van der Waals surface area contributed by atoms with Crippen LogP contribution in [0.3, 0.4) is 0 Å². The zero-order chi connectivity index (χ0) is 10.3. The topological polar surface area (TPSA) is 49.4 Å². The second-order valence-electron chi connectivity index (χ2n) is 2.04. The van der Waals surface area contributed by atoms with Gasteiger partial charge in [0.15, 0.2) is 0 Å². The van der Waals surface area contributed by atoms with Gasteiger partial charge in [0.05, 0.1) is 0 Å². The molecule has 0 saturated carbocycles. The number of rotatable bonds is 1. The number of nitrogens with zero attached hydrogens (tertiary/aromatic N) is 4. The van der Waals surface area contributed by atoms with Crippen LogP contribution in [0.5, 0.6) is 0 Å². The zero-order valence-corrected chi connectivity index (χ0v) is 7.14. The summed E-state index contributed by atoms with van der Waals surface area (Å²) < 4.78 is 57.2. The quantitative estimate of drug-likeness (QED) is 0.398. The summed E-state index contributed by atoms with van der Waals surface area (Å²) in [6.45, 7) is 0. The van der Waals surface area contributed by atoms with Gasteiger partial charge in [-0.05, 0) is 26.4 Å². The summed E-state index contributed by atoms with van der Waals surface area (Å²) in [6.07, 6.45) is -5.76. The molecule has 0 fully saturated rings. The van der Waals surface area contributed by atoms with Crippen LogP contribution in [0.2, 0.25) is 0 Å². The minimum absolute atomic E-state index is 2.01. The molecule has 0 aromatic carbocycles. The number of halogens is 6. The highest BCUT2D eigenvalue weighted by molar-refractivity contribution is 9.10. The van der Waals surface area contributed by atoms with Crippen LogP contribution < -0.4 is 0 Å². The van der Waals surface area contributed by atoms with Crippen molar-refractivity contribution in [1.29, 1.82) is 0 Å². The molecule has 0 spiro atoms. The third-order valence-corrected chi connectivity index (χ3v) is 1.97. The summed E-state index contributed by atoms with van der Waals surface area (Å²) in [6, 6.07) is 0. The Morgan fingerprint density at radius 3 is 1.62 bits per heavy atom. The van der Waals surface area contributed by atoms with E-state index < -0.39 is 16.7 Å². The SMILES string of the molecule is FC(F)(F)C(F)(F)C1(Br)N=NN=N1. The van der Waals surface area contributed by atoms with Gasteiger partial charge in [-0.1, -0.05) is 0 Å². The number of alkyl halides is 6. The molecule has 1 aliphatic heterocycles. The maximum Gasteiger partial charge on any atom is 0.459 e. The summed E-state index contributed by atoms with van der Waals surface area (Å²) >= 11 is 2.01. The first-order valence-electron chi connectivity index (χ1n) is 2.68. The summed E-state index contributed by atoms with van der Waals surface area (Å²) in [7, 11) is 0. The van der Waals surface area contributed by atoms with E-state index in [0.717, 1.165) is 0 Å². The Morgan fingerprint density at radius 2 is 1.31 bits per heavy atom. The molecule has 0 saturated heterocycles. The lowest BCUT2D eigenvalue weighted by Gasteiger charge is -2.25. The van der Waals surface area contributed by atoms with Crippen LogP contribution in [-0.2, 0) is 0 Å². The number of hydrogen-bond donors (Lipinski definition) is 0. The molecule has 74 valence electrons. The molecule has 0 unspecified atom stereocenters. The molecular formula is C3BrF5N4. The molecule has 0 atom stereocenters. The first kappa shape index (κ1) is 10.4. The maximum atomic E-state index is 12.5. The lowest BCUT2D eigenvalue weighted by Crippen LogP contribution is -2.50. The van der Waals surface area contributed by atoms with E-state index in [-0.39, 0.29) is 0 Å². The molecule has 0 aromatic rings. The van der Waals surface area contributed by atoms with E-state index >= 15 is 0 Å². The predicted molar refractivity (Wildman–Crippen MR) is 32.4 cm³/mol. The van der Waals surface area contributed by atoms with Crippen molar-refractivity contribution in [3.05, 3.63) is 0 Å². The van der Waals surface area contributed by atoms with E-state index in [9.17, 15) is 22.0 Å². The van der Waals surface area contributed by atoms with E-state index in [0.29, 0.717) is 0 Å². The van der Waals surface area contributed by atoms with Gasteiger partial charge in [-0.3, -0.25) is 0 Å². The fraction of sp³-hybridized carbons (Fsp3) is 1.00. The molecule has 1 rings (SSSR count). The third kappa shape index (κ3) is 1.42. The zero-order valence-electron chi connectivity index (χ0n) is 5.56. The Labute approximate surface area is 76.0 Å². The Balaban J connectivity index is 3.06. The molecule has 1 aliphatic rings. The molecule has 0 N–H and O–H groups in total. The molecular weight excluding hydrogens is 267 g/mol. The monoisotopic (exact) mass is 266 g/mol. The van der Waals surface area contributed by atoms with Crippen LogP contribution in [-0.4, -0.2) is 16.7 Å². The maximum absolute atomic E-state index is 12.5. The van der Waals surface area contributed by atoms with Crippen molar-refractivity contribution in [2.24, 2.45) is 20.7 Å². The van der Waals surface area contributed by atoms with Gasteiger partial charge in [0.2, 0.25) is 0 Å². The van der Waals surface area contributed by atoms with Crippen LogP contribution >= 0.6 is 15.9 Å². The predicted octanol–water partition coefficient (Wildman–Crippen LogP) is 3.07. The smallest absolute Gasteiger partial charge is 0.190 e. The van der Waals surface area contributed by atoms with E-state index in [4.69, 9.17) is 0 Å². The summed E-state index contributed by atoms with van der Waals surface area (Å²) in [5.74, 6) is -5.15. The first-order chi connectivity index (χ1) is 5.71. The van der Waals surface area contributed by atoms with Gasteiger partial charge >= 0.3 is 16.7 Å². The van der Waals surface area contributed by atoms with Crippen LogP contribution in [0.15, 0.2) is 20.7 Å². The molecule has 0 radical (unpaired) electrons. The molecule has 4 nitrogen and oxygen atoms in total. The van der Waals surface area contributed by atoms with E-state index in [1.807, 2.05) is 15.9 Å². The Morgan fingerprint density at radius 1 is 0.923 bits per heavy atom. The second kappa shape index (κ2) is 2.66. The highest BCUT2D eigenvalue weighted by Gasteiger charge is 2.72. The molecule has 0 amide bonds. The van der Waals surface area contributed by atoms with Crippen molar-refractivity contribution >= 4 is 15.9 Å². The average molecular weight is 267 g/mol. The first-order valence-corrected chi connectivity index (χ1v) is 3.47. The largest absolute Gasteiger partial charge is 0.459 e. The number of hydrogen-bond acceptors (Lipinski definition) is 4. The Hall–Kier alpha value is -0.670. The second-order valence-corrected chi connectivity index (χ2v) is 3.14. The van der Waals surface area contributed by atoms with Gasteiger partial charge in [0.1, 0.15) is 0 Å². The molecule has 13 heavy (non-hydrogen) atoms. The van der Waals surface area contributed by atoms with E-state index in [1.165, 1.54) is 0 Å². The van der Waals surface area contributed by atoms with Crippen LogP contribution in [0.25, 0.3) is 0 Å². The van der Waals surface area contributed by atoms with Gasteiger partial charge in [-0.15, -0.1) is 10.2 Å². The van der Waals surface area contributed by atoms with Gasteiger partial charge in [0.25, 0.3) is 0 Å². The van der Waals surface area contributed by atoms with Gasteiger partial charge in [-0.25, -0.2) is 0 Å². The highest BCUT2D eigenvalue weighted by Crippen LogP contribution is 2.50. The van der Waals surface area contributed by atoms with E-state index in [1.54, 1.807) is 0 Å². The molecule has 10 heteroatoms. The molecule has 1 heterocycles. The van der Waals surface area contributed by atoms with Crippen molar-refractivity contribution < 1.29 is 22.0 Å². The van der Waals surface area contributed by atoms with Crippen molar-refractivity contribution in [3.8, 4) is 0 Å². The van der Waals surface area contributed by atoms with Crippen molar-refractivity contribution in [3.63, 3.8) is 0 Å². The molecule has 0 bridgehead atoms. The Bertz CT molecular complexity index is 257. The fourth-order valence-electron chi connectivity index (χ4n) is 0.484. The van der Waals surface area contributed by atoms with E-state index in [2.05, 4.69) is 20.7 Å². The summed E-state index contributed by atoms with van der Waals surface area (Å²) in [4.78, 5) is 0. The van der Waals surface area contributed by atoms with Crippen molar-refractivity contribution in [2.75, 3.05) is 0 Å². The van der Waals surface area contributed by atoms with Crippen molar-refractivity contribution in [1.82, 2.24) is 0 Å². The molecule has 0 aromatic heterocycles. The van der Waals surface area contributed by atoms with Crippen LogP contribution in [0.1, 0.15) is 0 Å². The average Bonchev–Trinajstić information content (AvgIpc) is 2.35. The lowest BCUT2D eigenvalue weighted by atomic mass is 10.2. The van der Waals surface area contributed by atoms with Crippen LogP contribution in [0, 0.1) is 0 Å². The Kier molecular flexibility index (Phi) is 2.13. The summed E-state index contributed by atoms with van der Waals surface area (Å²) in [5.41, 5.74) is 0. The minimum Gasteiger partial charge on any atom is -0.190 e. The highest BCUT2D eigenvalue weighted by atomic mass is 79.9. The lowest BCUT2D eigenvalue weighted by molar-refractivity contribution is -0.292. The third-order valence-electron chi connectivity index (χ3n) is 1.15. The van der Waals surface area contributed by atoms with Crippen LogP contribution in [0.4, 0.5) is 22.0 Å². The summed E-state index contributed by atoms with van der Waals surface area (Å²) in [5, 5.41) is 10.2. The minimum atomic E-state index is -5.76. The van der Waals surface area contributed by atoms with Gasteiger partial charge in [0, 0.05) is 0 Å². The van der Waals surface area contributed by atoms with Gasteiger partial charge < -0.3 is 0 Å². The van der Waals surface area contributed by atoms with Gasteiger partial charge in [-0.2, -0.15) is 22.0 Å². The standard InChI is InChI=1S/C3BrF5N4/c4-2(10-12-13-11-2)1(5,6)3(7,8)9. The van der Waals surface area contributed by atoms with Crippen molar-refractivity contribution in [2.45, 2.75) is 16.7 Å². The fourth-order valence-corrected chi connectivity index (χ4v) is 0.851. The molecule has 0 aliphatic carbocycles.